The minimum atomic E-state index is -4.94. The van der Waals surface area contributed by atoms with Crippen molar-refractivity contribution < 1.29 is 38.2 Å². The molecule has 0 aliphatic rings. The van der Waals surface area contributed by atoms with Gasteiger partial charge in [-0.15, -0.1) is 10.2 Å². The van der Waals surface area contributed by atoms with Crippen molar-refractivity contribution in [3.63, 3.8) is 0 Å². The molecule has 0 spiro atoms. The molecule has 0 fully saturated rings. The van der Waals surface area contributed by atoms with E-state index in [1.165, 1.54) is 0 Å². The van der Waals surface area contributed by atoms with Crippen LogP contribution in [0.15, 0.2) is 24.5 Å². The molecular weight excluding hydrogens is 228 g/mol. The minimum absolute atomic E-state index is 0.392. The number of halogens is 1. The van der Waals surface area contributed by atoms with Crippen molar-refractivity contribution in [3.8, 4) is 0 Å². The molecule has 7 nitrogen and oxygen atoms in total. The van der Waals surface area contributed by atoms with Gasteiger partial charge in [-0.3, -0.25) is 4.79 Å². The van der Waals surface area contributed by atoms with E-state index in [-0.39, 0.29) is 0 Å². The van der Waals surface area contributed by atoms with E-state index in [0.29, 0.717) is 5.56 Å². The Bertz CT molecular complexity index is 332. The van der Waals surface area contributed by atoms with E-state index in [2.05, 4.69) is 0 Å². The third-order valence-corrected chi connectivity index (χ3v) is 1.22. The van der Waals surface area contributed by atoms with Crippen LogP contribution in [0.1, 0.15) is 10.4 Å². The average molecular weight is 237 g/mol. The number of nitrogens with zero attached hydrogens (tertiary/aromatic N) is 1. The Labute approximate surface area is 87.7 Å². The number of rotatable bonds is 1. The molecule has 1 aromatic rings. The predicted molar refractivity (Wildman–Crippen MR) is 36.1 cm³/mol. The minimum Gasteiger partial charge on any atom is -0.365 e. The number of aromatic nitrogens is 1. The van der Waals surface area contributed by atoms with E-state index in [1.807, 2.05) is 13.2 Å². The fourth-order valence-electron chi connectivity index (χ4n) is 0.734. The first-order valence-corrected chi connectivity index (χ1v) is 4.80. The van der Waals surface area contributed by atoms with Crippen molar-refractivity contribution in [3.05, 3.63) is 30.1 Å². The van der Waals surface area contributed by atoms with Crippen LogP contribution in [0.25, 0.3) is 0 Å². The van der Waals surface area contributed by atoms with Crippen LogP contribution in [0.2, 0.25) is 0 Å². The van der Waals surface area contributed by atoms with Gasteiger partial charge >= 0.3 is 0 Å². The van der Waals surface area contributed by atoms with Crippen LogP contribution in [0.3, 0.4) is 0 Å². The second kappa shape index (κ2) is 5.59. The zero-order valence-corrected chi connectivity index (χ0v) is 8.51. The van der Waals surface area contributed by atoms with Crippen molar-refractivity contribution in [2.24, 2.45) is 12.8 Å². The van der Waals surface area contributed by atoms with E-state index in [9.17, 15) is 4.79 Å². The van der Waals surface area contributed by atoms with Crippen LogP contribution < -0.4 is 28.9 Å². The van der Waals surface area contributed by atoms with Crippen molar-refractivity contribution in [1.82, 2.24) is 0 Å². The summed E-state index contributed by atoms with van der Waals surface area (Å²) >= 11 is 0. The van der Waals surface area contributed by atoms with Crippen LogP contribution in [-0.4, -0.2) is 5.91 Å². The molecule has 1 rings (SSSR count). The lowest BCUT2D eigenvalue weighted by Crippen LogP contribution is -2.68. The molecule has 0 aliphatic carbocycles. The van der Waals surface area contributed by atoms with E-state index in [1.54, 1.807) is 22.9 Å². The van der Waals surface area contributed by atoms with E-state index in [0.717, 1.165) is 0 Å². The average Bonchev–Trinajstić information content (AvgIpc) is 2.00. The van der Waals surface area contributed by atoms with E-state index < -0.39 is 16.2 Å². The van der Waals surface area contributed by atoms with Crippen molar-refractivity contribution >= 4 is 5.91 Å². The summed E-state index contributed by atoms with van der Waals surface area (Å²) in [5, 5.41) is 0. The number of hydrogen-bond donors (Lipinski definition) is 1. The summed E-state index contributed by atoms with van der Waals surface area (Å²) in [6, 6.07) is 3.46. The molecule has 0 saturated heterocycles. The first kappa shape index (κ1) is 13.8. The van der Waals surface area contributed by atoms with Gasteiger partial charge in [-0.25, -0.2) is 23.2 Å². The maximum Gasteiger partial charge on any atom is 0.254 e. The summed E-state index contributed by atoms with van der Waals surface area (Å²) in [7, 11) is -3.10. The Kier molecular flexibility index (Phi) is 5.12. The number of primary amides is 1. The maximum absolute atomic E-state index is 10.6. The summed E-state index contributed by atoms with van der Waals surface area (Å²) in [6.07, 6.45) is 3.52. The van der Waals surface area contributed by atoms with Gasteiger partial charge in [-0.05, 0) is 6.07 Å². The molecular formula is C7H9ClN2O5. The van der Waals surface area contributed by atoms with Gasteiger partial charge in [0.2, 0.25) is 0 Å². The smallest absolute Gasteiger partial charge is 0.254 e. The van der Waals surface area contributed by atoms with Gasteiger partial charge in [0, 0.05) is 6.07 Å². The number of carbonyl (C=O) groups is 1. The Morgan fingerprint density at radius 1 is 1.40 bits per heavy atom. The van der Waals surface area contributed by atoms with Crippen LogP contribution in [0, 0.1) is 10.2 Å². The molecule has 8 heteroatoms. The molecule has 0 radical (unpaired) electrons. The predicted octanol–water partition coefficient (Wildman–Crippen LogP) is -5.15. The summed E-state index contributed by atoms with van der Waals surface area (Å²) in [6.45, 7) is 0. The monoisotopic (exact) mass is 236 g/mol. The number of carbonyl (C=O) groups excluding carboxylic acids is 1. The largest absolute Gasteiger partial charge is 0.365 e. The molecule has 1 heterocycles. The lowest BCUT2D eigenvalue weighted by atomic mass is 10.3. The fraction of sp³-hybridized carbons (Fsp3) is 0.143. The molecule has 84 valence electrons. The SMILES string of the molecule is C[n+]1cccc(C(N)=O)c1.[O-][Cl+3]([O-])([O-])[O-]. The van der Waals surface area contributed by atoms with Gasteiger partial charge in [-0.2, -0.15) is 0 Å². The second-order valence-electron chi connectivity index (χ2n) is 2.50. The second-order valence-corrected chi connectivity index (χ2v) is 3.26. The fourth-order valence-corrected chi connectivity index (χ4v) is 0.734. The Morgan fingerprint density at radius 2 is 1.87 bits per heavy atom. The molecule has 0 saturated carbocycles. The van der Waals surface area contributed by atoms with Crippen molar-refractivity contribution in [1.29, 1.82) is 0 Å². The van der Waals surface area contributed by atoms with Gasteiger partial charge < -0.3 is 5.73 Å². The topological polar surface area (TPSA) is 139 Å². The highest BCUT2D eigenvalue weighted by atomic mass is 35.7. The van der Waals surface area contributed by atoms with Gasteiger partial charge in [0.25, 0.3) is 5.91 Å². The van der Waals surface area contributed by atoms with Gasteiger partial charge in [0.05, 0.1) is 0 Å². The summed E-state index contributed by atoms with van der Waals surface area (Å²) in [4.78, 5) is 10.6. The Balaban J connectivity index is 0.000000336. The first-order chi connectivity index (χ1) is 6.70. The molecule has 0 atom stereocenters. The van der Waals surface area contributed by atoms with Crippen LogP contribution in [-0.2, 0) is 7.05 Å². The zero-order valence-electron chi connectivity index (χ0n) is 7.75. The van der Waals surface area contributed by atoms with Gasteiger partial charge in [-0.1, -0.05) is 0 Å². The van der Waals surface area contributed by atoms with Crippen molar-refractivity contribution in [2.45, 2.75) is 0 Å². The molecule has 0 aromatic carbocycles. The zero-order chi connectivity index (χ0) is 12.1. The Morgan fingerprint density at radius 3 is 2.13 bits per heavy atom. The number of amides is 1. The molecule has 15 heavy (non-hydrogen) atoms. The molecule has 2 N–H and O–H groups in total. The van der Waals surface area contributed by atoms with E-state index >= 15 is 0 Å². The van der Waals surface area contributed by atoms with Crippen molar-refractivity contribution in [2.75, 3.05) is 0 Å². The van der Waals surface area contributed by atoms with Gasteiger partial charge in [0.1, 0.15) is 12.6 Å². The van der Waals surface area contributed by atoms with E-state index in [4.69, 9.17) is 24.4 Å². The summed E-state index contributed by atoms with van der Waals surface area (Å²) < 4.78 is 35.8. The van der Waals surface area contributed by atoms with Crippen LogP contribution in [0.5, 0.6) is 0 Å². The molecule has 1 aromatic heterocycles. The molecule has 0 bridgehead atoms. The maximum atomic E-state index is 10.6. The van der Waals surface area contributed by atoms with Crippen LogP contribution in [0.4, 0.5) is 0 Å². The third-order valence-electron chi connectivity index (χ3n) is 1.22. The highest BCUT2D eigenvalue weighted by Crippen LogP contribution is 1.89. The lowest BCUT2D eigenvalue weighted by molar-refractivity contribution is -2.00. The standard InChI is InChI=1S/C7H8N2O.ClHO4/c1-9-4-2-3-6(5-9)7(8)10;2-1(3,4)5/h2-5H,1H3,(H-,8,10);(H,2,3,4,5). The third kappa shape index (κ3) is 9.06. The number of pyridine rings is 1. The quantitative estimate of drug-likeness (QED) is 0.486. The van der Waals surface area contributed by atoms with Crippen LogP contribution >= 0.6 is 0 Å². The highest BCUT2D eigenvalue weighted by Gasteiger charge is 2.02. The number of aryl methyl sites for hydroxylation is 1. The first-order valence-electron chi connectivity index (χ1n) is 3.57. The number of hydrogen-bond acceptors (Lipinski definition) is 5. The normalized spacial score (nSPS) is 10.2. The molecule has 1 amide bonds. The molecule has 0 unspecified atom stereocenters. The summed E-state index contributed by atoms with van der Waals surface area (Å²) in [5.41, 5.74) is 5.56. The highest BCUT2D eigenvalue weighted by molar-refractivity contribution is 5.92. The number of nitrogens with two attached hydrogens (primary N) is 1. The lowest BCUT2D eigenvalue weighted by Gasteiger charge is -2.17. The van der Waals surface area contributed by atoms with Gasteiger partial charge in [0.15, 0.2) is 12.4 Å². The molecule has 0 aliphatic heterocycles. The Hall–Kier alpha value is -1.25. The summed E-state index contributed by atoms with van der Waals surface area (Å²) in [5.74, 6) is -0.392.